The van der Waals surface area contributed by atoms with Crippen LogP contribution in [-0.2, 0) is 4.84 Å². The van der Waals surface area contributed by atoms with Crippen LogP contribution in [0.1, 0.15) is 10.4 Å². The van der Waals surface area contributed by atoms with Gasteiger partial charge in [-0.25, -0.2) is 5.48 Å². The van der Waals surface area contributed by atoms with Gasteiger partial charge in [-0.1, -0.05) is 35.3 Å². The maximum Gasteiger partial charge on any atom is 0.274 e. The Kier molecular flexibility index (Phi) is 4.43. The summed E-state index contributed by atoms with van der Waals surface area (Å²) in [7, 11) is 1.38. The quantitative estimate of drug-likeness (QED) is 0.871. The number of benzene rings is 2. The molecule has 0 spiro atoms. The Morgan fingerprint density at radius 1 is 1.11 bits per heavy atom. The number of carbonyl (C=O) groups is 1. The summed E-state index contributed by atoms with van der Waals surface area (Å²) < 4.78 is 0. The molecule has 2 rings (SSSR count). The van der Waals surface area contributed by atoms with Crippen molar-refractivity contribution >= 4 is 29.1 Å². The van der Waals surface area contributed by atoms with Gasteiger partial charge in [0.25, 0.3) is 5.91 Å². The predicted molar refractivity (Wildman–Crippen MR) is 76.4 cm³/mol. The molecule has 1 amide bonds. The minimum Gasteiger partial charge on any atom is -0.277 e. The highest BCUT2D eigenvalue weighted by molar-refractivity contribution is 6.33. The Bertz CT molecular complexity index is 597. The molecule has 0 radical (unpaired) electrons. The van der Waals surface area contributed by atoms with E-state index in [0.29, 0.717) is 15.6 Å². The zero-order chi connectivity index (χ0) is 13.8. The number of halogens is 2. The van der Waals surface area contributed by atoms with Crippen molar-refractivity contribution in [1.29, 1.82) is 0 Å². The predicted octanol–water partition coefficient (Wildman–Crippen LogP) is 3.95. The topological polar surface area (TPSA) is 38.3 Å². The summed E-state index contributed by atoms with van der Waals surface area (Å²) in [4.78, 5) is 16.3. The lowest BCUT2D eigenvalue weighted by Gasteiger charge is -2.08. The molecule has 98 valence electrons. The molecule has 0 aromatic heterocycles. The van der Waals surface area contributed by atoms with Crippen LogP contribution in [0.4, 0.5) is 0 Å². The number of amides is 1. The first-order valence-corrected chi connectivity index (χ1v) is 6.26. The highest BCUT2D eigenvalue weighted by Gasteiger charge is 2.10. The van der Waals surface area contributed by atoms with Crippen molar-refractivity contribution in [2.75, 3.05) is 7.11 Å². The van der Waals surface area contributed by atoms with Crippen LogP contribution in [0, 0.1) is 0 Å². The second-order valence-electron chi connectivity index (χ2n) is 3.84. The van der Waals surface area contributed by atoms with E-state index < -0.39 is 0 Å². The van der Waals surface area contributed by atoms with Crippen molar-refractivity contribution in [3.63, 3.8) is 0 Å². The molecule has 0 aliphatic carbocycles. The summed E-state index contributed by atoms with van der Waals surface area (Å²) in [6, 6.07) is 12.3. The monoisotopic (exact) mass is 295 g/mol. The van der Waals surface area contributed by atoms with Crippen molar-refractivity contribution in [2.45, 2.75) is 0 Å². The molecular weight excluding hydrogens is 285 g/mol. The largest absolute Gasteiger partial charge is 0.277 e. The molecule has 2 aromatic rings. The molecule has 0 aliphatic rings. The fourth-order valence-electron chi connectivity index (χ4n) is 1.67. The maximum absolute atomic E-state index is 11.7. The minimum atomic E-state index is -0.325. The van der Waals surface area contributed by atoms with Gasteiger partial charge >= 0.3 is 0 Å². The molecule has 2 aromatic carbocycles. The summed E-state index contributed by atoms with van der Waals surface area (Å²) in [5, 5.41) is 1.21. The van der Waals surface area contributed by atoms with Crippen LogP contribution in [0.3, 0.4) is 0 Å². The van der Waals surface area contributed by atoms with Crippen molar-refractivity contribution < 1.29 is 9.63 Å². The van der Waals surface area contributed by atoms with Crippen LogP contribution in [0.15, 0.2) is 42.5 Å². The van der Waals surface area contributed by atoms with E-state index in [1.165, 1.54) is 7.11 Å². The summed E-state index contributed by atoms with van der Waals surface area (Å²) in [5.74, 6) is -0.325. The van der Waals surface area contributed by atoms with Gasteiger partial charge in [-0.05, 0) is 35.9 Å². The fraction of sp³-hybridized carbons (Fsp3) is 0.0714. The highest BCUT2D eigenvalue weighted by Crippen LogP contribution is 2.29. The number of rotatable bonds is 3. The molecule has 0 unspecified atom stereocenters. The summed E-state index contributed by atoms with van der Waals surface area (Å²) in [6.07, 6.45) is 0. The number of carbonyl (C=O) groups excluding carboxylic acids is 1. The summed E-state index contributed by atoms with van der Waals surface area (Å²) in [6.45, 7) is 0. The zero-order valence-corrected chi connectivity index (χ0v) is 11.6. The molecule has 0 saturated carbocycles. The number of hydrogen-bond donors (Lipinski definition) is 1. The van der Waals surface area contributed by atoms with Gasteiger partial charge in [0, 0.05) is 21.2 Å². The Hall–Kier alpha value is -1.55. The van der Waals surface area contributed by atoms with Crippen molar-refractivity contribution in [1.82, 2.24) is 5.48 Å². The van der Waals surface area contributed by atoms with Crippen LogP contribution in [0.2, 0.25) is 10.0 Å². The van der Waals surface area contributed by atoms with Gasteiger partial charge in [-0.15, -0.1) is 0 Å². The van der Waals surface area contributed by atoms with Gasteiger partial charge < -0.3 is 0 Å². The summed E-state index contributed by atoms with van der Waals surface area (Å²) >= 11 is 12.0. The van der Waals surface area contributed by atoms with E-state index in [0.717, 1.165) is 11.1 Å². The fourth-order valence-corrected chi connectivity index (χ4v) is 2.02. The lowest BCUT2D eigenvalue weighted by molar-refractivity contribution is 0.0537. The van der Waals surface area contributed by atoms with E-state index in [1.54, 1.807) is 30.3 Å². The molecule has 0 saturated heterocycles. The van der Waals surface area contributed by atoms with Crippen LogP contribution in [0.25, 0.3) is 11.1 Å². The third-order valence-electron chi connectivity index (χ3n) is 2.58. The van der Waals surface area contributed by atoms with Crippen molar-refractivity contribution in [3.8, 4) is 11.1 Å². The average molecular weight is 296 g/mol. The molecule has 0 atom stereocenters. The van der Waals surface area contributed by atoms with Gasteiger partial charge in [-0.3, -0.25) is 9.63 Å². The normalized spacial score (nSPS) is 10.3. The maximum atomic E-state index is 11.7. The Labute approximate surface area is 121 Å². The second-order valence-corrected chi connectivity index (χ2v) is 4.68. The molecule has 0 bridgehead atoms. The van der Waals surface area contributed by atoms with E-state index in [-0.39, 0.29) is 5.91 Å². The van der Waals surface area contributed by atoms with Crippen LogP contribution in [-0.4, -0.2) is 13.0 Å². The standard InChI is InChI=1S/C14H11Cl2NO2/c1-19-17-14(18)10-4-7-13(16)12(8-10)9-2-5-11(15)6-3-9/h2-8H,1H3,(H,17,18). The Morgan fingerprint density at radius 3 is 2.42 bits per heavy atom. The number of hydroxylamine groups is 1. The molecule has 0 aliphatic heterocycles. The van der Waals surface area contributed by atoms with Crippen LogP contribution in [0.5, 0.6) is 0 Å². The molecule has 0 heterocycles. The van der Waals surface area contributed by atoms with Gasteiger partial charge in [0.05, 0.1) is 7.11 Å². The molecule has 1 N–H and O–H groups in total. The van der Waals surface area contributed by atoms with E-state index in [1.807, 2.05) is 12.1 Å². The molecule has 5 heteroatoms. The average Bonchev–Trinajstić information content (AvgIpc) is 2.41. The number of hydrogen-bond acceptors (Lipinski definition) is 2. The van der Waals surface area contributed by atoms with Gasteiger partial charge in [0.1, 0.15) is 0 Å². The van der Waals surface area contributed by atoms with E-state index in [9.17, 15) is 4.79 Å². The Morgan fingerprint density at radius 2 is 1.79 bits per heavy atom. The molecule has 19 heavy (non-hydrogen) atoms. The first-order chi connectivity index (χ1) is 9.11. The highest BCUT2D eigenvalue weighted by atomic mass is 35.5. The van der Waals surface area contributed by atoms with Gasteiger partial charge in [-0.2, -0.15) is 0 Å². The van der Waals surface area contributed by atoms with Crippen molar-refractivity contribution in [2.24, 2.45) is 0 Å². The Balaban J connectivity index is 2.42. The van der Waals surface area contributed by atoms with E-state index in [2.05, 4.69) is 10.3 Å². The van der Waals surface area contributed by atoms with Gasteiger partial charge in [0.2, 0.25) is 0 Å². The van der Waals surface area contributed by atoms with E-state index >= 15 is 0 Å². The number of nitrogens with one attached hydrogen (secondary N) is 1. The second kappa shape index (κ2) is 6.06. The van der Waals surface area contributed by atoms with Crippen LogP contribution < -0.4 is 5.48 Å². The minimum absolute atomic E-state index is 0.325. The molecule has 3 nitrogen and oxygen atoms in total. The smallest absolute Gasteiger partial charge is 0.274 e. The first kappa shape index (κ1) is 13.9. The lowest BCUT2D eigenvalue weighted by atomic mass is 10.0. The third-order valence-corrected chi connectivity index (χ3v) is 3.16. The van der Waals surface area contributed by atoms with Gasteiger partial charge in [0.15, 0.2) is 0 Å². The van der Waals surface area contributed by atoms with Crippen molar-refractivity contribution in [3.05, 3.63) is 58.1 Å². The van der Waals surface area contributed by atoms with Crippen LogP contribution >= 0.6 is 23.2 Å². The summed E-state index contributed by atoms with van der Waals surface area (Å²) in [5.41, 5.74) is 4.39. The lowest BCUT2D eigenvalue weighted by Crippen LogP contribution is -2.21. The molecule has 0 fully saturated rings. The SMILES string of the molecule is CONC(=O)c1ccc(Cl)c(-c2ccc(Cl)cc2)c1. The first-order valence-electron chi connectivity index (χ1n) is 5.50. The molecular formula is C14H11Cl2NO2. The third kappa shape index (κ3) is 3.26. The van der Waals surface area contributed by atoms with E-state index in [4.69, 9.17) is 23.2 Å². The zero-order valence-electron chi connectivity index (χ0n) is 10.1.